The van der Waals surface area contributed by atoms with Gasteiger partial charge in [0.2, 0.25) is 5.91 Å². The number of hydrogen-bond acceptors (Lipinski definition) is 5. The quantitative estimate of drug-likeness (QED) is 0.446. The fourth-order valence-electron chi connectivity index (χ4n) is 3.41. The number of benzene rings is 1. The van der Waals surface area contributed by atoms with E-state index in [0.717, 1.165) is 50.7 Å². The summed E-state index contributed by atoms with van der Waals surface area (Å²) in [5.41, 5.74) is 5.71. The second kappa shape index (κ2) is 7.91. The van der Waals surface area contributed by atoms with Gasteiger partial charge in [-0.05, 0) is 37.5 Å². The van der Waals surface area contributed by atoms with Crippen LogP contribution in [0.15, 0.2) is 46.0 Å². The minimum absolute atomic E-state index is 0.0269. The van der Waals surface area contributed by atoms with Crippen LogP contribution in [-0.4, -0.2) is 25.8 Å². The summed E-state index contributed by atoms with van der Waals surface area (Å²) < 4.78 is 7.65. The molecule has 0 aliphatic rings. The first kappa shape index (κ1) is 19.5. The SMILES string of the molecule is CCc1nnc(SC(CC)C(=O)Nc2cc(C)ccc2C)c2cc3occc3n12. The Balaban J connectivity index is 1.65. The molecule has 0 saturated heterocycles. The summed E-state index contributed by atoms with van der Waals surface area (Å²) in [6.45, 7) is 8.08. The Morgan fingerprint density at radius 3 is 2.76 bits per heavy atom. The van der Waals surface area contributed by atoms with E-state index in [1.807, 2.05) is 51.1 Å². The maximum atomic E-state index is 13.0. The molecule has 0 aliphatic carbocycles. The van der Waals surface area contributed by atoms with Gasteiger partial charge in [-0.15, -0.1) is 10.2 Å². The highest BCUT2D eigenvalue weighted by Crippen LogP contribution is 2.32. The molecule has 4 aromatic rings. The number of thioether (sulfide) groups is 1. The number of amides is 1. The van der Waals surface area contributed by atoms with E-state index in [0.29, 0.717) is 6.42 Å². The van der Waals surface area contributed by atoms with Crippen LogP contribution in [0.4, 0.5) is 5.69 Å². The van der Waals surface area contributed by atoms with Gasteiger partial charge in [-0.1, -0.05) is 37.7 Å². The third-order valence-corrected chi connectivity index (χ3v) is 6.39. The highest BCUT2D eigenvalue weighted by Gasteiger charge is 2.23. The molecule has 1 atom stereocenters. The number of aryl methyl sites for hydroxylation is 3. The van der Waals surface area contributed by atoms with E-state index in [1.54, 1.807) is 6.26 Å². The molecular weight excluding hydrogens is 384 g/mol. The number of nitrogens with zero attached hydrogens (tertiary/aromatic N) is 3. The first-order chi connectivity index (χ1) is 14.0. The summed E-state index contributed by atoms with van der Waals surface area (Å²) >= 11 is 1.45. The van der Waals surface area contributed by atoms with Crippen LogP contribution in [-0.2, 0) is 11.2 Å². The molecule has 29 heavy (non-hydrogen) atoms. The molecule has 3 heterocycles. The van der Waals surface area contributed by atoms with Gasteiger partial charge < -0.3 is 9.73 Å². The Labute approximate surface area is 173 Å². The molecule has 3 aromatic heterocycles. The minimum Gasteiger partial charge on any atom is -0.463 e. The summed E-state index contributed by atoms with van der Waals surface area (Å²) in [5.74, 6) is 0.842. The number of rotatable bonds is 6. The molecule has 150 valence electrons. The molecule has 4 rings (SSSR count). The van der Waals surface area contributed by atoms with Crippen LogP contribution in [0.5, 0.6) is 0 Å². The van der Waals surface area contributed by atoms with E-state index in [2.05, 4.69) is 26.8 Å². The lowest BCUT2D eigenvalue weighted by molar-refractivity contribution is -0.115. The van der Waals surface area contributed by atoms with Gasteiger partial charge in [-0.2, -0.15) is 0 Å². The predicted molar refractivity (Wildman–Crippen MR) is 117 cm³/mol. The van der Waals surface area contributed by atoms with Gasteiger partial charge >= 0.3 is 0 Å². The first-order valence-corrected chi connectivity index (χ1v) is 10.7. The topological polar surface area (TPSA) is 72.4 Å². The van der Waals surface area contributed by atoms with Crippen molar-refractivity contribution in [1.82, 2.24) is 14.6 Å². The zero-order valence-corrected chi connectivity index (χ0v) is 17.8. The van der Waals surface area contributed by atoms with Gasteiger partial charge in [0.1, 0.15) is 10.9 Å². The lowest BCUT2D eigenvalue weighted by Crippen LogP contribution is -2.25. The number of furan rings is 1. The average Bonchev–Trinajstić information content (AvgIpc) is 3.30. The third kappa shape index (κ3) is 3.62. The number of aromatic nitrogens is 3. The molecular formula is C22H24N4O2S. The van der Waals surface area contributed by atoms with Gasteiger partial charge in [0.05, 0.1) is 22.5 Å². The van der Waals surface area contributed by atoms with E-state index in [1.165, 1.54) is 11.8 Å². The van der Waals surface area contributed by atoms with E-state index in [9.17, 15) is 4.79 Å². The molecule has 0 bridgehead atoms. The Morgan fingerprint density at radius 1 is 1.17 bits per heavy atom. The van der Waals surface area contributed by atoms with Crippen molar-refractivity contribution in [3.05, 3.63) is 53.5 Å². The Bertz CT molecular complexity index is 1190. The maximum absolute atomic E-state index is 13.0. The van der Waals surface area contributed by atoms with Crippen molar-refractivity contribution in [2.24, 2.45) is 0 Å². The Kier molecular flexibility index (Phi) is 5.32. The fourth-order valence-corrected chi connectivity index (χ4v) is 4.37. The van der Waals surface area contributed by atoms with Gasteiger partial charge in [-0.25, -0.2) is 0 Å². The molecule has 1 aromatic carbocycles. The van der Waals surface area contributed by atoms with Gasteiger partial charge in [-0.3, -0.25) is 9.20 Å². The van der Waals surface area contributed by atoms with E-state index < -0.39 is 0 Å². The smallest absolute Gasteiger partial charge is 0.237 e. The molecule has 1 N–H and O–H groups in total. The number of carbonyl (C=O) groups excluding carboxylic acids is 1. The van der Waals surface area contributed by atoms with Crippen molar-refractivity contribution in [2.75, 3.05) is 5.32 Å². The number of nitrogens with one attached hydrogen (secondary N) is 1. The molecule has 6 nitrogen and oxygen atoms in total. The van der Waals surface area contributed by atoms with Crippen LogP contribution < -0.4 is 5.32 Å². The van der Waals surface area contributed by atoms with Crippen molar-refractivity contribution >= 4 is 40.0 Å². The first-order valence-electron chi connectivity index (χ1n) is 9.80. The molecule has 0 radical (unpaired) electrons. The molecule has 1 unspecified atom stereocenters. The second-order valence-corrected chi connectivity index (χ2v) is 8.32. The fraction of sp³-hybridized carbons (Fsp3) is 0.318. The van der Waals surface area contributed by atoms with Crippen LogP contribution >= 0.6 is 11.8 Å². The molecule has 0 saturated carbocycles. The predicted octanol–water partition coefficient (Wildman–Crippen LogP) is 5.16. The standard InChI is InChI=1S/C22H24N4O2S/c1-5-19(21(27)23-15-11-13(3)7-8-14(15)4)29-22-17-12-18-16(9-10-28-18)26(17)20(6-2)24-25-22/h7-12,19H,5-6H2,1-4H3,(H,23,27). The van der Waals surface area contributed by atoms with E-state index >= 15 is 0 Å². The second-order valence-electron chi connectivity index (χ2n) is 7.13. The zero-order chi connectivity index (χ0) is 20.5. The van der Waals surface area contributed by atoms with Crippen LogP contribution in [0.2, 0.25) is 0 Å². The third-order valence-electron chi connectivity index (χ3n) is 5.04. The molecule has 0 spiro atoms. The van der Waals surface area contributed by atoms with Crippen molar-refractivity contribution in [1.29, 1.82) is 0 Å². The van der Waals surface area contributed by atoms with Crippen LogP contribution in [0, 0.1) is 13.8 Å². The highest BCUT2D eigenvalue weighted by molar-refractivity contribution is 8.00. The average molecular weight is 409 g/mol. The number of fused-ring (bicyclic) bond motifs is 3. The van der Waals surface area contributed by atoms with Crippen LogP contribution in [0.3, 0.4) is 0 Å². The Hall–Kier alpha value is -2.80. The maximum Gasteiger partial charge on any atom is 0.237 e. The molecule has 1 amide bonds. The lowest BCUT2D eigenvalue weighted by atomic mass is 10.1. The van der Waals surface area contributed by atoms with Gasteiger partial charge in [0, 0.05) is 24.2 Å². The highest BCUT2D eigenvalue weighted by atomic mass is 32.2. The van der Waals surface area contributed by atoms with Crippen LogP contribution in [0.1, 0.15) is 37.2 Å². The van der Waals surface area contributed by atoms with E-state index in [4.69, 9.17) is 4.42 Å². The monoisotopic (exact) mass is 408 g/mol. The molecule has 7 heteroatoms. The zero-order valence-electron chi connectivity index (χ0n) is 17.0. The van der Waals surface area contributed by atoms with Crippen molar-refractivity contribution in [2.45, 2.75) is 50.8 Å². The minimum atomic E-state index is -0.276. The number of anilines is 1. The van der Waals surface area contributed by atoms with Crippen molar-refractivity contribution in [3.8, 4) is 0 Å². The van der Waals surface area contributed by atoms with Gasteiger partial charge in [0.25, 0.3) is 0 Å². The Morgan fingerprint density at radius 2 is 2.00 bits per heavy atom. The van der Waals surface area contributed by atoms with Crippen molar-refractivity contribution < 1.29 is 9.21 Å². The summed E-state index contributed by atoms with van der Waals surface area (Å²) in [7, 11) is 0. The van der Waals surface area contributed by atoms with Crippen LogP contribution in [0.25, 0.3) is 16.6 Å². The summed E-state index contributed by atoms with van der Waals surface area (Å²) in [4.78, 5) is 13.0. The summed E-state index contributed by atoms with van der Waals surface area (Å²) in [5, 5.41) is 12.4. The molecule has 0 aliphatic heterocycles. The largest absolute Gasteiger partial charge is 0.463 e. The van der Waals surface area contributed by atoms with Gasteiger partial charge in [0.15, 0.2) is 5.58 Å². The lowest BCUT2D eigenvalue weighted by Gasteiger charge is -2.16. The number of hydrogen-bond donors (Lipinski definition) is 1. The van der Waals surface area contributed by atoms with Crippen molar-refractivity contribution in [3.63, 3.8) is 0 Å². The molecule has 0 fully saturated rings. The summed E-state index contributed by atoms with van der Waals surface area (Å²) in [6, 6.07) is 9.97. The summed E-state index contributed by atoms with van der Waals surface area (Å²) in [6.07, 6.45) is 3.12. The van der Waals surface area contributed by atoms with E-state index in [-0.39, 0.29) is 11.2 Å². The number of carbonyl (C=O) groups is 1. The normalized spacial score (nSPS) is 12.6.